The number of hydrogen-bond acceptors (Lipinski definition) is 6. The summed E-state index contributed by atoms with van der Waals surface area (Å²) >= 11 is 0. The van der Waals surface area contributed by atoms with E-state index in [-0.39, 0.29) is 23.7 Å². The van der Waals surface area contributed by atoms with Crippen molar-refractivity contribution in [2.75, 3.05) is 26.8 Å². The molecule has 0 saturated heterocycles. The van der Waals surface area contributed by atoms with Gasteiger partial charge in [0.2, 0.25) is 5.82 Å². The van der Waals surface area contributed by atoms with Gasteiger partial charge in [0.1, 0.15) is 17.8 Å². The fraction of sp³-hybridized carbons (Fsp3) is 0.533. The van der Waals surface area contributed by atoms with E-state index in [4.69, 9.17) is 4.74 Å². The largest absolute Gasteiger partial charge is 0.383 e. The molecule has 0 aliphatic carbocycles. The zero-order valence-corrected chi connectivity index (χ0v) is 14.2. The Morgan fingerprint density at radius 3 is 2.88 bits per heavy atom. The van der Waals surface area contributed by atoms with Gasteiger partial charge in [-0.25, -0.2) is 9.97 Å². The minimum absolute atomic E-state index is 0.0201. The number of hydrogen-bond donors (Lipinski definition) is 2. The Bertz CT molecular complexity index is 767. The predicted molar refractivity (Wildman–Crippen MR) is 87.1 cm³/mol. The molecule has 0 bridgehead atoms. The summed E-state index contributed by atoms with van der Waals surface area (Å²) in [4.78, 5) is 32.6. The maximum Gasteiger partial charge on any atom is 0.291 e. The number of aromatic nitrogens is 5. The molecule has 0 saturated carbocycles. The van der Waals surface area contributed by atoms with Gasteiger partial charge in [-0.2, -0.15) is 0 Å². The number of aryl methyl sites for hydroxylation is 2. The molecule has 2 amide bonds. The van der Waals surface area contributed by atoms with Crippen LogP contribution in [0.5, 0.6) is 0 Å². The van der Waals surface area contributed by atoms with Crippen molar-refractivity contribution < 1.29 is 14.3 Å². The number of carbonyl (C=O) groups excluding carboxylic acids is 2. The zero-order chi connectivity index (χ0) is 17.8. The molecule has 0 spiro atoms. The zero-order valence-electron chi connectivity index (χ0n) is 14.2. The van der Waals surface area contributed by atoms with E-state index in [1.807, 2.05) is 4.57 Å². The first kappa shape index (κ1) is 17.1. The summed E-state index contributed by atoms with van der Waals surface area (Å²) in [5, 5.41) is 9.60. The molecule has 1 unspecified atom stereocenters. The first-order valence-electron chi connectivity index (χ1n) is 8.07. The summed E-state index contributed by atoms with van der Waals surface area (Å²) in [7, 11) is 3.28. The number of ether oxygens (including phenoxy) is 1. The third kappa shape index (κ3) is 3.68. The van der Waals surface area contributed by atoms with E-state index in [0.717, 1.165) is 18.7 Å². The smallest absolute Gasteiger partial charge is 0.291 e. The van der Waals surface area contributed by atoms with Crippen molar-refractivity contribution in [2.45, 2.75) is 18.9 Å². The SMILES string of the molecule is COCCNC(=O)c1cnc2n1C(CNC(=O)c1ncn(C)n1)CC2. The van der Waals surface area contributed by atoms with Crippen molar-refractivity contribution in [3.05, 3.63) is 29.9 Å². The van der Waals surface area contributed by atoms with Gasteiger partial charge in [0, 0.05) is 33.7 Å². The normalized spacial score (nSPS) is 15.8. The van der Waals surface area contributed by atoms with E-state index in [0.29, 0.717) is 25.4 Å². The predicted octanol–water partition coefficient (Wildman–Crippen LogP) is -0.695. The quantitative estimate of drug-likeness (QED) is 0.640. The highest BCUT2D eigenvalue weighted by Crippen LogP contribution is 2.26. The van der Waals surface area contributed by atoms with E-state index in [2.05, 4.69) is 25.7 Å². The van der Waals surface area contributed by atoms with E-state index in [9.17, 15) is 9.59 Å². The summed E-state index contributed by atoms with van der Waals surface area (Å²) in [6, 6.07) is -0.0201. The van der Waals surface area contributed by atoms with Gasteiger partial charge in [0.15, 0.2) is 0 Å². The standard InChI is InChI=1S/C15H21N7O3/c1-21-9-19-13(20-21)15(24)18-7-10-3-4-12-17-8-11(22(10)12)14(23)16-5-6-25-2/h8-10H,3-7H2,1-2H3,(H,16,23)(H,18,24). The van der Waals surface area contributed by atoms with Crippen molar-refractivity contribution in [2.24, 2.45) is 7.05 Å². The van der Waals surface area contributed by atoms with Crippen LogP contribution in [0.3, 0.4) is 0 Å². The number of carbonyl (C=O) groups is 2. The fourth-order valence-electron chi connectivity index (χ4n) is 2.87. The molecule has 1 aliphatic rings. The van der Waals surface area contributed by atoms with Crippen LogP contribution in [-0.2, 0) is 18.2 Å². The maximum atomic E-state index is 12.3. The van der Waals surface area contributed by atoms with Gasteiger partial charge in [-0.3, -0.25) is 14.3 Å². The van der Waals surface area contributed by atoms with E-state index in [1.54, 1.807) is 20.4 Å². The lowest BCUT2D eigenvalue weighted by Gasteiger charge is -2.16. The maximum absolute atomic E-state index is 12.3. The average molecular weight is 347 g/mol. The molecule has 2 aromatic heterocycles. The molecule has 3 heterocycles. The van der Waals surface area contributed by atoms with Crippen molar-refractivity contribution in [3.63, 3.8) is 0 Å². The highest BCUT2D eigenvalue weighted by atomic mass is 16.5. The monoisotopic (exact) mass is 347 g/mol. The molecule has 25 heavy (non-hydrogen) atoms. The Balaban J connectivity index is 1.64. The lowest BCUT2D eigenvalue weighted by Crippen LogP contribution is -2.33. The van der Waals surface area contributed by atoms with Crippen LogP contribution in [0.25, 0.3) is 0 Å². The molecule has 0 fully saturated rings. The van der Waals surface area contributed by atoms with Gasteiger partial charge in [0.25, 0.3) is 11.8 Å². The summed E-state index contributed by atoms with van der Waals surface area (Å²) < 4.78 is 8.30. The van der Waals surface area contributed by atoms with Gasteiger partial charge in [-0.05, 0) is 6.42 Å². The summed E-state index contributed by atoms with van der Waals surface area (Å²) in [6.45, 7) is 1.27. The molecule has 10 heteroatoms. The van der Waals surface area contributed by atoms with E-state index in [1.165, 1.54) is 11.0 Å². The number of nitrogens with one attached hydrogen (secondary N) is 2. The number of fused-ring (bicyclic) bond motifs is 1. The Hall–Kier alpha value is -2.75. The molecule has 2 N–H and O–H groups in total. The number of imidazole rings is 1. The Morgan fingerprint density at radius 1 is 1.32 bits per heavy atom. The summed E-state index contributed by atoms with van der Waals surface area (Å²) in [6.07, 6.45) is 4.64. The Labute approximate surface area is 144 Å². The Kier molecular flexibility index (Phi) is 5.08. The third-order valence-corrected chi connectivity index (χ3v) is 4.07. The lowest BCUT2D eigenvalue weighted by molar-refractivity contribution is 0.0926. The van der Waals surface area contributed by atoms with Gasteiger partial charge in [-0.15, -0.1) is 5.10 Å². The third-order valence-electron chi connectivity index (χ3n) is 4.07. The molecule has 0 radical (unpaired) electrons. The summed E-state index contributed by atoms with van der Waals surface area (Å²) in [5.74, 6) is 0.455. The highest BCUT2D eigenvalue weighted by Gasteiger charge is 2.28. The Morgan fingerprint density at radius 2 is 2.16 bits per heavy atom. The highest BCUT2D eigenvalue weighted by molar-refractivity contribution is 5.92. The molecule has 1 atom stereocenters. The van der Waals surface area contributed by atoms with Crippen molar-refractivity contribution in [3.8, 4) is 0 Å². The van der Waals surface area contributed by atoms with Crippen LogP contribution in [-0.4, -0.2) is 62.9 Å². The van der Waals surface area contributed by atoms with E-state index >= 15 is 0 Å². The fourth-order valence-corrected chi connectivity index (χ4v) is 2.87. The molecule has 2 aromatic rings. The van der Waals surface area contributed by atoms with Gasteiger partial charge >= 0.3 is 0 Å². The lowest BCUT2D eigenvalue weighted by atomic mass is 10.2. The minimum Gasteiger partial charge on any atom is -0.383 e. The van der Waals surface area contributed by atoms with Crippen LogP contribution in [0.4, 0.5) is 0 Å². The van der Waals surface area contributed by atoms with Crippen LogP contribution < -0.4 is 10.6 Å². The van der Waals surface area contributed by atoms with Crippen LogP contribution >= 0.6 is 0 Å². The van der Waals surface area contributed by atoms with Crippen LogP contribution in [0.1, 0.15) is 39.4 Å². The number of methoxy groups -OCH3 is 1. The first-order chi connectivity index (χ1) is 12.1. The average Bonchev–Trinajstić information content (AvgIpc) is 3.29. The summed E-state index contributed by atoms with van der Waals surface area (Å²) in [5.41, 5.74) is 0.499. The van der Waals surface area contributed by atoms with Gasteiger partial charge in [0.05, 0.1) is 18.8 Å². The second-order valence-electron chi connectivity index (χ2n) is 5.82. The van der Waals surface area contributed by atoms with Gasteiger partial charge < -0.3 is 19.9 Å². The number of amides is 2. The molecule has 1 aliphatic heterocycles. The topological polar surface area (TPSA) is 116 Å². The molecule has 3 rings (SSSR count). The minimum atomic E-state index is -0.333. The molecule has 134 valence electrons. The molecule has 10 nitrogen and oxygen atoms in total. The second-order valence-corrected chi connectivity index (χ2v) is 5.82. The van der Waals surface area contributed by atoms with E-state index < -0.39 is 0 Å². The van der Waals surface area contributed by atoms with Crippen LogP contribution in [0, 0.1) is 0 Å². The van der Waals surface area contributed by atoms with Crippen molar-refractivity contribution >= 4 is 11.8 Å². The van der Waals surface area contributed by atoms with Crippen LogP contribution in [0.15, 0.2) is 12.5 Å². The van der Waals surface area contributed by atoms with Gasteiger partial charge in [-0.1, -0.05) is 0 Å². The molecule has 0 aromatic carbocycles. The number of nitrogens with zero attached hydrogens (tertiary/aromatic N) is 5. The van der Waals surface area contributed by atoms with Crippen LogP contribution in [0.2, 0.25) is 0 Å². The van der Waals surface area contributed by atoms with Crippen molar-refractivity contribution in [1.29, 1.82) is 0 Å². The second kappa shape index (κ2) is 7.43. The first-order valence-corrected chi connectivity index (χ1v) is 8.07. The number of rotatable bonds is 7. The molecular weight excluding hydrogens is 326 g/mol. The molecular formula is C15H21N7O3. The van der Waals surface area contributed by atoms with Crippen molar-refractivity contribution in [1.82, 2.24) is 34.9 Å².